The number of piperidine rings is 1. The van der Waals surface area contributed by atoms with Gasteiger partial charge < -0.3 is 15.7 Å². The molecular formula is C11H19N3OS. The molecule has 0 saturated carbocycles. The lowest BCUT2D eigenvalue weighted by Crippen LogP contribution is -2.29. The second-order valence-corrected chi connectivity index (χ2v) is 5.25. The van der Waals surface area contributed by atoms with Gasteiger partial charge in [0, 0.05) is 19.6 Å². The maximum Gasteiger partial charge on any atom is 0.185 e. The number of aryl methyl sites for hydroxylation is 1. The van der Waals surface area contributed by atoms with Crippen LogP contribution in [0.4, 0.5) is 5.13 Å². The number of aliphatic hydroxyl groups excluding tert-OH is 1. The Kier molecular flexibility index (Phi) is 3.78. The van der Waals surface area contributed by atoms with Crippen molar-refractivity contribution >= 4 is 16.5 Å². The molecule has 0 aliphatic carbocycles. The highest BCUT2D eigenvalue weighted by Crippen LogP contribution is 2.31. The van der Waals surface area contributed by atoms with Gasteiger partial charge in [0.15, 0.2) is 5.13 Å². The van der Waals surface area contributed by atoms with Crippen molar-refractivity contribution in [3.05, 3.63) is 10.6 Å². The van der Waals surface area contributed by atoms with E-state index < -0.39 is 6.10 Å². The van der Waals surface area contributed by atoms with Gasteiger partial charge in [-0.25, -0.2) is 4.98 Å². The van der Waals surface area contributed by atoms with E-state index in [1.54, 1.807) is 11.3 Å². The van der Waals surface area contributed by atoms with E-state index in [1.807, 2.05) is 6.92 Å². The van der Waals surface area contributed by atoms with Crippen molar-refractivity contribution in [1.82, 2.24) is 4.98 Å². The lowest BCUT2D eigenvalue weighted by atomic mass is 10.1. The Morgan fingerprint density at radius 2 is 2.12 bits per heavy atom. The van der Waals surface area contributed by atoms with Crippen LogP contribution >= 0.6 is 11.3 Å². The Morgan fingerprint density at radius 1 is 1.44 bits per heavy atom. The van der Waals surface area contributed by atoms with Crippen LogP contribution < -0.4 is 10.6 Å². The molecule has 0 amide bonds. The smallest absolute Gasteiger partial charge is 0.185 e. The number of aliphatic hydroxyl groups is 1. The van der Waals surface area contributed by atoms with E-state index in [1.165, 1.54) is 19.3 Å². The van der Waals surface area contributed by atoms with Gasteiger partial charge in [-0.05, 0) is 26.2 Å². The van der Waals surface area contributed by atoms with Crippen molar-refractivity contribution in [2.45, 2.75) is 32.3 Å². The first-order valence-corrected chi connectivity index (χ1v) is 6.64. The molecular weight excluding hydrogens is 222 g/mol. The predicted molar refractivity (Wildman–Crippen MR) is 66.9 cm³/mol. The van der Waals surface area contributed by atoms with Crippen molar-refractivity contribution in [3.8, 4) is 0 Å². The number of aromatic nitrogens is 1. The normalized spacial score (nSPS) is 18.8. The molecule has 1 atom stereocenters. The number of hydrogen-bond acceptors (Lipinski definition) is 5. The standard InChI is InChI=1S/C11H19N3OS/c1-8-10(9(15)7-12)16-11(13-8)14-5-3-2-4-6-14/h9,15H,2-7,12H2,1H3/t9-/m0/s1. The zero-order chi connectivity index (χ0) is 11.5. The van der Waals surface area contributed by atoms with Crippen molar-refractivity contribution < 1.29 is 5.11 Å². The summed E-state index contributed by atoms with van der Waals surface area (Å²) in [6.45, 7) is 4.39. The Labute approximate surface area is 100 Å². The van der Waals surface area contributed by atoms with Gasteiger partial charge in [-0.15, -0.1) is 0 Å². The summed E-state index contributed by atoms with van der Waals surface area (Å²) in [7, 11) is 0. The lowest BCUT2D eigenvalue weighted by Gasteiger charge is -2.25. The summed E-state index contributed by atoms with van der Waals surface area (Å²) in [4.78, 5) is 7.77. The molecule has 5 heteroatoms. The summed E-state index contributed by atoms with van der Waals surface area (Å²) in [5, 5.41) is 10.8. The van der Waals surface area contributed by atoms with Crippen molar-refractivity contribution in [1.29, 1.82) is 0 Å². The Morgan fingerprint density at radius 3 is 2.75 bits per heavy atom. The summed E-state index contributed by atoms with van der Waals surface area (Å²) >= 11 is 1.58. The van der Waals surface area contributed by atoms with Gasteiger partial charge in [-0.3, -0.25) is 0 Å². The quantitative estimate of drug-likeness (QED) is 0.840. The highest BCUT2D eigenvalue weighted by Gasteiger charge is 2.19. The molecule has 0 unspecified atom stereocenters. The van der Waals surface area contributed by atoms with Crippen LogP contribution in [-0.4, -0.2) is 29.7 Å². The fraction of sp³-hybridized carbons (Fsp3) is 0.727. The first kappa shape index (κ1) is 11.8. The molecule has 1 saturated heterocycles. The third-order valence-electron chi connectivity index (χ3n) is 2.97. The number of thiazole rings is 1. The molecule has 1 aromatic rings. The first-order valence-electron chi connectivity index (χ1n) is 5.82. The van der Waals surface area contributed by atoms with E-state index >= 15 is 0 Å². The first-order chi connectivity index (χ1) is 7.72. The van der Waals surface area contributed by atoms with E-state index in [4.69, 9.17) is 5.73 Å². The average Bonchev–Trinajstić information content (AvgIpc) is 2.71. The summed E-state index contributed by atoms with van der Waals surface area (Å²) in [6, 6.07) is 0. The van der Waals surface area contributed by atoms with Gasteiger partial charge in [-0.2, -0.15) is 0 Å². The summed E-state index contributed by atoms with van der Waals surface area (Å²) in [5.41, 5.74) is 6.40. The van der Waals surface area contributed by atoms with E-state index in [0.717, 1.165) is 28.8 Å². The third kappa shape index (κ3) is 2.36. The Bertz CT molecular complexity index is 347. The highest BCUT2D eigenvalue weighted by molar-refractivity contribution is 7.15. The zero-order valence-corrected chi connectivity index (χ0v) is 10.5. The maximum atomic E-state index is 9.75. The molecule has 2 rings (SSSR count). The van der Waals surface area contributed by atoms with Crippen LogP contribution in [0.25, 0.3) is 0 Å². The molecule has 0 bridgehead atoms. The van der Waals surface area contributed by atoms with E-state index in [2.05, 4.69) is 9.88 Å². The second kappa shape index (κ2) is 5.12. The minimum absolute atomic E-state index is 0.266. The molecule has 4 nitrogen and oxygen atoms in total. The van der Waals surface area contributed by atoms with Gasteiger partial charge in [0.25, 0.3) is 0 Å². The largest absolute Gasteiger partial charge is 0.386 e. The molecule has 0 aromatic carbocycles. The van der Waals surface area contributed by atoms with Crippen LogP contribution in [0, 0.1) is 6.92 Å². The van der Waals surface area contributed by atoms with Crippen molar-refractivity contribution in [3.63, 3.8) is 0 Å². The molecule has 90 valence electrons. The number of anilines is 1. The van der Waals surface area contributed by atoms with Gasteiger partial charge in [0.1, 0.15) is 6.10 Å². The molecule has 1 fully saturated rings. The fourth-order valence-corrected chi connectivity index (χ4v) is 3.15. The van der Waals surface area contributed by atoms with Gasteiger partial charge in [-0.1, -0.05) is 11.3 Å². The molecule has 0 radical (unpaired) electrons. The zero-order valence-electron chi connectivity index (χ0n) is 9.65. The van der Waals surface area contributed by atoms with Crippen LogP contribution in [-0.2, 0) is 0 Å². The van der Waals surface area contributed by atoms with Crippen molar-refractivity contribution in [2.24, 2.45) is 5.73 Å². The van der Waals surface area contributed by atoms with E-state index in [0.29, 0.717) is 0 Å². The monoisotopic (exact) mass is 241 g/mol. The van der Waals surface area contributed by atoms with Crippen LogP contribution in [0.15, 0.2) is 0 Å². The lowest BCUT2D eigenvalue weighted by molar-refractivity contribution is 0.189. The molecule has 1 aromatic heterocycles. The number of nitrogens with zero attached hydrogens (tertiary/aromatic N) is 2. The summed E-state index contributed by atoms with van der Waals surface area (Å²) in [5.74, 6) is 0. The van der Waals surface area contributed by atoms with E-state index in [9.17, 15) is 5.11 Å². The van der Waals surface area contributed by atoms with Crippen LogP contribution in [0.2, 0.25) is 0 Å². The Balaban J connectivity index is 2.16. The van der Waals surface area contributed by atoms with Crippen LogP contribution in [0.3, 0.4) is 0 Å². The van der Waals surface area contributed by atoms with Crippen LogP contribution in [0.5, 0.6) is 0 Å². The SMILES string of the molecule is Cc1nc(N2CCCCC2)sc1[C@@H](O)CN. The number of rotatable bonds is 3. The predicted octanol–water partition coefficient (Wildman–Crippen LogP) is 1.43. The van der Waals surface area contributed by atoms with Gasteiger partial charge in [0.05, 0.1) is 10.6 Å². The van der Waals surface area contributed by atoms with Gasteiger partial charge in [0.2, 0.25) is 0 Å². The number of nitrogens with two attached hydrogens (primary N) is 1. The Hall–Kier alpha value is -0.650. The minimum atomic E-state index is -0.559. The minimum Gasteiger partial charge on any atom is -0.386 e. The van der Waals surface area contributed by atoms with Crippen LogP contribution in [0.1, 0.15) is 35.9 Å². The fourth-order valence-electron chi connectivity index (χ4n) is 2.03. The topological polar surface area (TPSA) is 62.4 Å². The molecule has 0 spiro atoms. The van der Waals surface area contributed by atoms with E-state index in [-0.39, 0.29) is 6.54 Å². The summed E-state index contributed by atoms with van der Waals surface area (Å²) in [6.07, 6.45) is 3.25. The highest BCUT2D eigenvalue weighted by atomic mass is 32.1. The average molecular weight is 241 g/mol. The number of hydrogen-bond donors (Lipinski definition) is 2. The third-order valence-corrected chi connectivity index (χ3v) is 4.29. The molecule has 2 heterocycles. The second-order valence-electron chi connectivity index (χ2n) is 4.25. The molecule has 16 heavy (non-hydrogen) atoms. The van der Waals surface area contributed by atoms with Gasteiger partial charge >= 0.3 is 0 Å². The van der Waals surface area contributed by atoms with Crippen molar-refractivity contribution in [2.75, 3.05) is 24.5 Å². The summed E-state index contributed by atoms with van der Waals surface area (Å²) < 4.78 is 0. The molecule has 1 aliphatic rings. The maximum absolute atomic E-state index is 9.75. The molecule has 1 aliphatic heterocycles. The molecule has 3 N–H and O–H groups in total.